The molecule has 5 nitrogen and oxygen atoms in total. The van der Waals surface area contributed by atoms with Crippen molar-refractivity contribution in [1.82, 2.24) is 9.55 Å². The number of aliphatic hydroxyl groups is 1. The molecule has 1 aliphatic heterocycles. The Morgan fingerprint density at radius 2 is 2.29 bits per heavy atom. The van der Waals surface area contributed by atoms with Crippen LogP contribution in [0.2, 0.25) is 0 Å². The highest BCUT2D eigenvalue weighted by molar-refractivity contribution is 5.67. The van der Waals surface area contributed by atoms with Gasteiger partial charge >= 0.3 is 5.97 Å². The van der Waals surface area contributed by atoms with E-state index in [4.69, 9.17) is 5.11 Å². The highest BCUT2D eigenvalue weighted by Crippen LogP contribution is 2.26. The number of aliphatic carboxylic acids is 1. The summed E-state index contributed by atoms with van der Waals surface area (Å²) >= 11 is 0. The van der Waals surface area contributed by atoms with E-state index in [1.807, 2.05) is 6.92 Å². The van der Waals surface area contributed by atoms with Gasteiger partial charge in [-0.05, 0) is 19.3 Å². The Balaban J connectivity index is 2.33. The number of rotatable bonds is 4. The molecule has 0 spiro atoms. The summed E-state index contributed by atoms with van der Waals surface area (Å²) in [5.41, 5.74) is 1.81. The monoisotopic (exact) mass is 238 g/mol. The van der Waals surface area contributed by atoms with Crippen LogP contribution in [0.5, 0.6) is 0 Å². The summed E-state index contributed by atoms with van der Waals surface area (Å²) in [6, 6.07) is 0. The summed E-state index contributed by atoms with van der Waals surface area (Å²) < 4.78 is 2.10. The number of hydrogen-bond donors (Lipinski definition) is 2. The van der Waals surface area contributed by atoms with Gasteiger partial charge in [-0.15, -0.1) is 0 Å². The molecular formula is C12H18N2O3. The van der Waals surface area contributed by atoms with Gasteiger partial charge in [0.05, 0.1) is 18.7 Å². The minimum absolute atomic E-state index is 0.0604. The van der Waals surface area contributed by atoms with E-state index in [1.54, 1.807) is 0 Å². The van der Waals surface area contributed by atoms with Gasteiger partial charge in [-0.1, -0.05) is 6.92 Å². The third kappa shape index (κ3) is 2.34. The molecule has 0 saturated heterocycles. The first kappa shape index (κ1) is 12.1. The lowest BCUT2D eigenvalue weighted by molar-refractivity contribution is -0.137. The number of aliphatic hydroxyl groups excluding tert-OH is 1. The van der Waals surface area contributed by atoms with Crippen LogP contribution in [0.25, 0.3) is 0 Å². The normalized spacial score (nSPS) is 16.6. The van der Waals surface area contributed by atoms with E-state index < -0.39 is 5.97 Å². The molecule has 0 saturated carbocycles. The van der Waals surface area contributed by atoms with Gasteiger partial charge in [0.25, 0.3) is 0 Å². The van der Waals surface area contributed by atoms with Crippen LogP contribution < -0.4 is 0 Å². The molecule has 1 atom stereocenters. The molecule has 0 fully saturated rings. The van der Waals surface area contributed by atoms with Gasteiger partial charge in [-0.2, -0.15) is 0 Å². The van der Waals surface area contributed by atoms with Crippen molar-refractivity contribution in [3.8, 4) is 0 Å². The number of aromatic nitrogens is 2. The molecule has 1 aromatic heterocycles. The Bertz CT molecular complexity index is 426. The second kappa shape index (κ2) is 4.87. The van der Waals surface area contributed by atoms with Crippen LogP contribution in [0, 0.1) is 0 Å². The van der Waals surface area contributed by atoms with Crippen molar-refractivity contribution < 1.29 is 15.0 Å². The van der Waals surface area contributed by atoms with Gasteiger partial charge in [0, 0.05) is 18.2 Å². The molecule has 2 N–H and O–H groups in total. The molecule has 2 heterocycles. The number of fused-ring (bicyclic) bond motifs is 1. The summed E-state index contributed by atoms with van der Waals surface area (Å²) in [5.74, 6) is -0.105. The summed E-state index contributed by atoms with van der Waals surface area (Å²) in [4.78, 5) is 15.2. The van der Waals surface area contributed by atoms with E-state index in [1.165, 1.54) is 0 Å². The second-order valence-corrected chi connectivity index (χ2v) is 4.63. The molecule has 0 amide bonds. The molecule has 0 aromatic carbocycles. The maximum Gasteiger partial charge on any atom is 0.304 e. The molecule has 2 rings (SSSR count). The fraction of sp³-hybridized carbons (Fsp3) is 0.667. The number of carbonyl (C=O) groups is 1. The molecular weight excluding hydrogens is 220 g/mol. The smallest absolute Gasteiger partial charge is 0.304 e. The third-order valence-corrected chi connectivity index (χ3v) is 3.30. The molecule has 1 unspecified atom stereocenters. The Labute approximate surface area is 100 Å². The second-order valence-electron chi connectivity index (χ2n) is 4.63. The lowest BCUT2D eigenvalue weighted by Crippen LogP contribution is -2.16. The number of nitrogens with zero attached hydrogens (tertiary/aromatic N) is 2. The Kier molecular flexibility index (Phi) is 3.47. The lowest BCUT2D eigenvalue weighted by atomic mass is 10.1. The van der Waals surface area contributed by atoms with Crippen molar-refractivity contribution >= 4 is 5.97 Å². The topological polar surface area (TPSA) is 75.3 Å². The first-order valence-corrected chi connectivity index (χ1v) is 6.04. The molecule has 1 aliphatic rings. The van der Waals surface area contributed by atoms with Gasteiger partial charge in [0.15, 0.2) is 0 Å². The lowest BCUT2D eigenvalue weighted by Gasteiger charge is -2.19. The molecule has 0 radical (unpaired) electrons. The van der Waals surface area contributed by atoms with E-state index in [0.717, 1.165) is 43.0 Å². The maximum absolute atomic E-state index is 10.7. The Hall–Kier alpha value is -1.36. The predicted molar refractivity (Wildman–Crippen MR) is 61.8 cm³/mol. The van der Waals surface area contributed by atoms with E-state index >= 15 is 0 Å². The molecule has 0 bridgehead atoms. The first-order chi connectivity index (χ1) is 8.13. The van der Waals surface area contributed by atoms with E-state index in [2.05, 4.69) is 9.55 Å². The Morgan fingerprint density at radius 1 is 1.53 bits per heavy atom. The van der Waals surface area contributed by atoms with Crippen LogP contribution in [0.3, 0.4) is 0 Å². The zero-order valence-corrected chi connectivity index (χ0v) is 10.0. The van der Waals surface area contributed by atoms with Crippen molar-refractivity contribution in [2.24, 2.45) is 0 Å². The fourth-order valence-electron chi connectivity index (χ4n) is 2.50. The van der Waals surface area contributed by atoms with E-state index in [0.29, 0.717) is 0 Å². The molecule has 94 valence electrons. The van der Waals surface area contributed by atoms with Crippen LogP contribution >= 0.6 is 0 Å². The summed E-state index contributed by atoms with van der Waals surface area (Å²) in [5, 5.41) is 18.1. The van der Waals surface area contributed by atoms with Gasteiger partial charge in [-0.25, -0.2) is 4.98 Å². The average Bonchev–Trinajstić information content (AvgIpc) is 2.67. The minimum Gasteiger partial charge on any atom is -0.481 e. The van der Waals surface area contributed by atoms with Crippen LogP contribution in [-0.4, -0.2) is 25.7 Å². The number of hydrogen-bond acceptors (Lipinski definition) is 3. The molecule has 1 aromatic rings. The van der Waals surface area contributed by atoms with E-state index in [-0.39, 0.29) is 18.9 Å². The average molecular weight is 238 g/mol. The van der Waals surface area contributed by atoms with Crippen LogP contribution in [0.15, 0.2) is 0 Å². The highest BCUT2D eigenvalue weighted by Gasteiger charge is 2.23. The zero-order chi connectivity index (χ0) is 12.4. The molecule has 5 heteroatoms. The summed E-state index contributed by atoms with van der Waals surface area (Å²) in [6.45, 7) is 2.70. The third-order valence-electron chi connectivity index (χ3n) is 3.30. The number of imidazole rings is 1. The van der Waals surface area contributed by atoms with Crippen molar-refractivity contribution in [3.05, 3.63) is 17.2 Å². The zero-order valence-electron chi connectivity index (χ0n) is 10.0. The van der Waals surface area contributed by atoms with Gasteiger partial charge in [-0.3, -0.25) is 4.79 Å². The standard InChI is InChI=1S/C12H18N2O3/c1-8(6-11(16)17)12-13-9(7-15)10-4-2-3-5-14(10)12/h8,15H,2-7H2,1H3,(H,16,17). The predicted octanol–water partition coefficient (Wildman–Crippen LogP) is 1.29. The summed E-state index contributed by atoms with van der Waals surface area (Å²) in [7, 11) is 0. The largest absolute Gasteiger partial charge is 0.481 e. The number of carboxylic acids is 1. The molecule has 17 heavy (non-hydrogen) atoms. The van der Waals surface area contributed by atoms with E-state index in [9.17, 15) is 9.90 Å². The van der Waals surface area contributed by atoms with Crippen LogP contribution in [0.4, 0.5) is 0 Å². The Morgan fingerprint density at radius 3 is 2.94 bits per heavy atom. The quantitative estimate of drug-likeness (QED) is 0.828. The van der Waals surface area contributed by atoms with Gasteiger partial charge in [0.2, 0.25) is 0 Å². The van der Waals surface area contributed by atoms with Crippen molar-refractivity contribution in [2.75, 3.05) is 0 Å². The molecule has 0 aliphatic carbocycles. The highest BCUT2D eigenvalue weighted by atomic mass is 16.4. The summed E-state index contributed by atoms with van der Waals surface area (Å²) in [6.07, 6.45) is 3.23. The number of carboxylic acid groups (broad SMARTS) is 1. The maximum atomic E-state index is 10.7. The van der Waals surface area contributed by atoms with Crippen LogP contribution in [-0.2, 0) is 24.4 Å². The minimum atomic E-state index is -0.809. The van der Waals surface area contributed by atoms with Gasteiger partial charge in [0.1, 0.15) is 5.82 Å². The SMILES string of the molecule is CC(CC(=O)O)c1nc(CO)c2n1CCCC2. The van der Waals surface area contributed by atoms with Crippen molar-refractivity contribution in [3.63, 3.8) is 0 Å². The fourth-order valence-corrected chi connectivity index (χ4v) is 2.50. The van der Waals surface area contributed by atoms with Crippen molar-refractivity contribution in [2.45, 2.75) is 51.7 Å². The van der Waals surface area contributed by atoms with Gasteiger partial charge < -0.3 is 14.8 Å². The first-order valence-electron chi connectivity index (χ1n) is 6.04. The van der Waals surface area contributed by atoms with Crippen LogP contribution in [0.1, 0.15) is 49.3 Å². The van der Waals surface area contributed by atoms with Crippen molar-refractivity contribution in [1.29, 1.82) is 0 Å².